The fourth-order valence-corrected chi connectivity index (χ4v) is 2.37. The van der Waals surface area contributed by atoms with Gasteiger partial charge in [0.05, 0.1) is 0 Å². The van der Waals surface area contributed by atoms with E-state index in [0.29, 0.717) is 5.75 Å². The Balaban J connectivity index is 1.90. The van der Waals surface area contributed by atoms with Crippen molar-refractivity contribution in [2.75, 3.05) is 0 Å². The first-order chi connectivity index (χ1) is 10.8. The lowest BCUT2D eigenvalue weighted by Gasteiger charge is -2.02. The van der Waals surface area contributed by atoms with E-state index in [1.54, 1.807) is 12.1 Å². The van der Waals surface area contributed by atoms with Crippen LogP contribution < -0.4 is 0 Å². The maximum atomic E-state index is 9.23. The first-order valence-corrected chi connectivity index (χ1v) is 8.51. The second-order valence-corrected chi connectivity index (χ2v) is 5.68. The number of aryl methyl sites for hydroxylation is 1. The third-order valence-electron chi connectivity index (χ3n) is 3.68. The Kier molecular flexibility index (Phi) is 10.8. The van der Waals surface area contributed by atoms with Crippen molar-refractivity contribution in [3.63, 3.8) is 0 Å². The molecule has 1 N–H and O–H groups in total. The van der Waals surface area contributed by atoms with Gasteiger partial charge in [0.1, 0.15) is 5.75 Å². The minimum atomic E-state index is 0.355. The SMILES string of the molecule is C=CCC=CCC=CCCCCCCCc1ccc(O)cc1. The Labute approximate surface area is 136 Å². The second kappa shape index (κ2) is 12.9. The Morgan fingerprint density at radius 1 is 0.773 bits per heavy atom. The Morgan fingerprint density at radius 3 is 2.18 bits per heavy atom. The molecule has 1 aromatic rings. The lowest BCUT2D eigenvalue weighted by Crippen LogP contribution is -1.85. The van der Waals surface area contributed by atoms with Crippen LogP contribution in [0.3, 0.4) is 0 Å². The molecule has 0 radical (unpaired) electrons. The van der Waals surface area contributed by atoms with Gasteiger partial charge in [0.2, 0.25) is 0 Å². The second-order valence-electron chi connectivity index (χ2n) is 5.68. The molecule has 0 fully saturated rings. The molecule has 0 heterocycles. The smallest absolute Gasteiger partial charge is 0.115 e. The summed E-state index contributed by atoms with van der Waals surface area (Å²) in [5.41, 5.74) is 1.32. The summed E-state index contributed by atoms with van der Waals surface area (Å²) in [6.45, 7) is 3.69. The fraction of sp³-hybridized carbons (Fsp3) is 0.429. The largest absolute Gasteiger partial charge is 0.508 e. The van der Waals surface area contributed by atoms with E-state index in [9.17, 15) is 5.11 Å². The van der Waals surface area contributed by atoms with Crippen LogP contribution in [-0.2, 0) is 6.42 Å². The highest BCUT2D eigenvalue weighted by Crippen LogP contribution is 2.13. The van der Waals surface area contributed by atoms with E-state index < -0.39 is 0 Å². The maximum absolute atomic E-state index is 9.23. The van der Waals surface area contributed by atoms with Crippen molar-refractivity contribution >= 4 is 0 Å². The summed E-state index contributed by atoms with van der Waals surface area (Å²) in [5.74, 6) is 0.355. The molecule has 0 saturated carbocycles. The molecule has 22 heavy (non-hydrogen) atoms. The standard InChI is InChI=1S/C21H30O/c1-2-3-4-5-6-7-8-9-10-11-12-13-14-15-20-16-18-21(22)19-17-20/h2,4-5,7-8,16-19,22H,1,3,6,9-15H2. The van der Waals surface area contributed by atoms with Crippen LogP contribution in [-0.4, -0.2) is 5.11 Å². The van der Waals surface area contributed by atoms with Gasteiger partial charge in [0.25, 0.3) is 0 Å². The molecule has 1 heteroatoms. The molecule has 0 saturated heterocycles. The van der Waals surface area contributed by atoms with E-state index in [-0.39, 0.29) is 0 Å². The van der Waals surface area contributed by atoms with Crippen molar-refractivity contribution in [3.05, 3.63) is 66.8 Å². The Hall–Kier alpha value is -1.76. The Morgan fingerprint density at radius 2 is 1.41 bits per heavy atom. The zero-order valence-electron chi connectivity index (χ0n) is 13.7. The van der Waals surface area contributed by atoms with E-state index in [1.165, 1.54) is 44.1 Å². The zero-order chi connectivity index (χ0) is 15.9. The van der Waals surface area contributed by atoms with Crippen LogP contribution >= 0.6 is 0 Å². The number of phenolic OH excluding ortho intramolecular Hbond substituents is 1. The number of unbranched alkanes of at least 4 members (excludes halogenated alkanes) is 5. The number of phenols is 1. The van der Waals surface area contributed by atoms with Crippen molar-refractivity contribution in [3.8, 4) is 5.75 Å². The van der Waals surface area contributed by atoms with E-state index in [2.05, 4.69) is 30.9 Å². The number of hydrogen-bond donors (Lipinski definition) is 1. The highest BCUT2D eigenvalue weighted by atomic mass is 16.3. The van der Waals surface area contributed by atoms with E-state index in [1.807, 2.05) is 18.2 Å². The molecule has 120 valence electrons. The molecular formula is C21H30O. The third kappa shape index (κ3) is 10.0. The summed E-state index contributed by atoms with van der Waals surface area (Å²) in [6, 6.07) is 7.58. The minimum absolute atomic E-state index is 0.355. The quantitative estimate of drug-likeness (QED) is 0.352. The van der Waals surface area contributed by atoms with Gasteiger partial charge in [-0.25, -0.2) is 0 Å². The average molecular weight is 298 g/mol. The van der Waals surface area contributed by atoms with Crippen LogP contribution in [0.25, 0.3) is 0 Å². The van der Waals surface area contributed by atoms with Gasteiger partial charge in [-0.05, 0) is 56.2 Å². The summed E-state index contributed by atoms with van der Waals surface area (Å²) in [4.78, 5) is 0. The monoisotopic (exact) mass is 298 g/mol. The van der Waals surface area contributed by atoms with Crippen molar-refractivity contribution in [2.45, 2.75) is 57.8 Å². The predicted octanol–water partition coefficient (Wildman–Crippen LogP) is 6.35. The molecule has 0 aliphatic heterocycles. The summed E-state index contributed by atoms with van der Waals surface area (Å²) in [7, 11) is 0. The normalized spacial score (nSPS) is 11.5. The highest BCUT2D eigenvalue weighted by Gasteiger charge is 1.94. The van der Waals surface area contributed by atoms with Gasteiger partial charge in [0, 0.05) is 0 Å². The summed E-state index contributed by atoms with van der Waals surface area (Å²) >= 11 is 0. The molecule has 0 aliphatic carbocycles. The van der Waals surface area contributed by atoms with Crippen molar-refractivity contribution in [2.24, 2.45) is 0 Å². The van der Waals surface area contributed by atoms with Gasteiger partial charge in [0.15, 0.2) is 0 Å². The molecule has 0 aromatic heterocycles. The fourth-order valence-electron chi connectivity index (χ4n) is 2.37. The van der Waals surface area contributed by atoms with Gasteiger partial charge in [-0.2, -0.15) is 0 Å². The number of hydrogen-bond acceptors (Lipinski definition) is 1. The van der Waals surface area contributed by atoms with Crippen LogP contribution in [0.5, 0.6) is 5.75 Å². The topological polar surface area (TPSA) is 20.2 Å². The number of benzene rings is 1. The van der Waals surface area contributed by atoms with Crippen LogP contribution in [0.1, 0.15) is 56.9 Å². The van der Waals surface area contributed by atoms with Gasteiger partial charge in [-0.15, -0.1) is 6.58 Å². The third-order valence-corrected chi connectivity index (χ3v) is 3.68. The predicted molar refractivity (Wildman–Crippen MR) is 97.2 cm³/mol. The number of allylic oxidation sites excluding steroid dienone is 5. The summed E-state index contributed by atoms with van der Waals surface area (Å²) in [6.07, 6.45) is 21.7. The molecule has 0 aliphatic rings. The van der Waals surface area contributed by atoms with Crippen molar-refractivity contribution in [1.82, 2.24) is 0 Å². The molecular weight excluding hydrogens is 268 g/mol. The van der Waals surface area contributed by atoms with Gasteiger partial charge < -0.3 is 5.11 Å². The van der Waals surface area contributed by atoms with Gasteiger partial charge in [-0.1, -0.05) is 61.8 Å². The minimum Gasteiger partial charge on any atom is -0.508 e. The molecule has 0 unspecified atom stereocenters. The van der Waals surface area contributed by atoms with Crippen LogP contribution in [0, 0.1) is 0 Å². The van der Waals surface area contributed by atoms with Crippen LogP contribution in [0.2, 0.25) is 0 Å². The molecule has 0 spiro atoms. The molecule has 1 aromatic carbocycles. The summed E-state index contributed by atoms with van der Waals surface area (Å²) in [5, 5.41) is 9.23. The zero-order valence-corrected chi connectivity index (χ0v) is 13.7. The number of aromatic hydroxyl groups is 1. The van der Waals surface area contributed by atoms with Gasteiger partial charge in [-0.3, -0.25) is 0 Å². The molecule has 0 bridgehead atoms. The van der Waals surface area contributed by atoms with E-state index in [0.717, 1.165) is 19.3 Å². The van der Waals surface area contributed by atoms with Crippen molar-refractivity contribution in [1.29, 1.82) is 0 Å². The average Bonchev–Trinajstić information content (AvgIpc) is 2.53. The first kappa shape index (κ1) is 18.3. The number of rotatable bonds is 12. The Bertz CT molecular complexity index is 439. The molecule has 1 nitrogen and oxygen atoms in total. The molecule has 0 amide bonds. The van der Waals surface area contributed by atoms with E-state index >= 15 is 0 Å². The lowest BCUT2D eigenvalue weighted by molar-refractivity contribution is 0.475. The van der Waals surface area contributed by atoms with Crippen LogP contribution in [0.4, 0.5) is 0 Å². The van der Waals surface area contributed by atoms with Gasteiger partial charge >= 0.3 is 0 Å². The molecule has 0 atom stereocenters. The van der Waals surface area contributed by atoms with Crippen LogP contribution in [0.15, 0.2) is 61.2 Å². The molecule has 1 rings (SSSR count). The summed E-state index contributed by atoms with van der Waals surface area (Å²) < 4.78 is 0. The van der Waals surface area contributed by atoms with E-state index in [4.69, 9.17) is 0 Å². The first-order valence-electron chi connectivity index (χ1n) is 8.51. The highest BCUT2D eigenvalue weighted by molar-refractivity contribution is 5.25. The lowest BCUT2D eigenvalue weighted by atomic mass is 10.0. The van der Waals surface area contributed by atoms with Crippen molar-refractivity contribution < 1.29 is 5.11 Å². The maximum Gasteiger partial charge on any atom is 0.115 e.